The van der Waals surface area contributed by atoms with Crippen LogP contribution in [0.5, 0.6) is 0 Å². The fraction of sp³-hybridized carbons (Fsp3) is 0.500. The fourth-order valence-corrected chi connectivity index (χ4v) is 5.52. The number of aryl methyl sites for hydroxylation is 1. The Balaban J connectivity index is 1.93. The summed E-state index contributed by atoms with van der Waals surface area (Å²) in [4.78, 5) is 27.0. The van der Waals surface area contributed by atoms with Crippen LogP contribution in [0.15, 0.2) is 18.2 Å². The number of benzene rings is 1. The number of halogens is 2. The third kappa shape index (κ3) is 6.47. The van der Waals surface area contributed by atoms with Gasteiger partial charge in [0.15, 0.2) is 0 Å². The van der Waals surface area contributed by atoms with Crippen LogP contribution in [0.2, 0.25) is 10.0 Å². The molecule has 2 aromatic rings. The normalized spacial score (nSPS) is 15.3. The van der Waals surface area contributed by atoms with Crippen molar-refractivity contribution in [1.82, 2.24) is 0 Å². The molecule has 0 unspecified atom stereocenters. The Morgan fingerprint density at radius 3 is 2.26 bits per heavy atom. The first-order chi connectivity index (χ1) is 15.0. The van der Waals surface area contributed by atoms with Crippen molar-refractivity contribution in [2.24, 2.45) is 0 Å². The number of carbonyl (C=O) groups excluding carboxylic acids is 2. The molecule has 4 nitrogen and oxygen atoms in total. The van der Waals surface area contributed by atoms with Crippen LogP contribution in [0.3, 0.4) is 0 Å². The van der Waals surface area contributed by atoms with Gasteiger partial charge >= 0.3 is 5.97 Å². The number of thiophene rings is 1. The number of nitrogens with one attached hydrogen (secondary N) is 1. The SMILES string of the molecule is CCOC(=O)c1c(NC(=O)c2ccc(Cl)c(Cl)c2)sc2c1CCCCCCCCCC2. The molecule has 1 aliphatic carbocycles. The Bertz CT molecular complexity index is 926. The van der Waals surface area contributed by atoms with Crippen molar-refractivity contribution in [3.8, 4) is 0 Å². The van der Waals surface area contributed by atoms with E-state index in [4.69, 9.17) is 27.9 Å². The molecule has 0 atom stereocenters. The number of fused-ring (bicyclic) bond motifs is 1. The number of carbonyl (C=O) groups is 2. The van der Waals surface area contributed by atoms with Gasteiger partial charge in [-0.1, -0.05) is 61.7 Å². The van der Waals surface area contributed by atoms with E-state index in [1.165, 1.54) is 54.4 Å². The van der Waals surface area contributed by atoms with Crippen LogP contribution in [0.1, 0.15) is 89.4 Å². The van der Waals surface area contributed by atoms with E-state index in [2.05, 4.69) is 5.32 Å². The summed E-state index contributed by atoms with van der Waals surface area (Å²) in [7, 11) is 0. The van der Waals surface area contributed by atoms with E-state index in [1.54, 1.807) is 19.1 Å². The van der Waals surface area contributed by atoms with E-state index in [0.717, 1.165) is 37.7 Å². The number of hydrogen-bond donors (Lipinski definition) is 1. The van der Waals surface area contributed by atoms with Gasteiger partial charge in [0, 0.05) is 10.4 Å². The van der Waals surface area contributed by atoms with E-state index in [-0.39, 0.29) is 11.9 Å². The van der Waals surface area contributed by atoms with Crippen LogP contribution < -0.4 is 5.32 Å². The third-order valence-electron chi connectivity index (χ3n) is 5.56. The minimum atomic E-state index is -0.364. The highest BCUT2D eigenvalue weighted by Crippen LogP contribution is 2.37. The number of ether oxygens (including phenoxy) is 1. The lowest BCUT2D eigenvalue weighted by Gasteiger charge is -2.11. The molecule has 1 N–H and O–H groups in total. The minimum absolute atomic E-state index is 0.295. The lowest BCUT2D eigenvalue weighted by atomic mass is 9.97. The molecular formula is C24H29Cl2NO3S. The van der Waals surface area contributed by atoms with Gasteiger partial charge in [0.05, 0.1) is 22.2 Å². The van der Waals surface area contributed by atoms with Crippen molar-refractivity contribution in [2.75, 3.05) is 11.9 Å². The highest BCUT2D eigenvalue weighted by atomic mass is 35.5. The molecule has 0 saturated heterocycles. The van der Waals surface area contributed by atoms with Gasteiger partial charge < -0.3 is 10.1 Å². The number of hydrogen-bond acceptors (Lipinski definition) is 4. The van der Waals surface area contributed by atoms with Crippen molar-refractivity contribution in [2.45, 2.75) is 71.1 Å². The fourth-order valence-electron chi connectivity index (χ4n) is 3.95. The molecule has 0 radical (unpaired) electrons. The zero-order valence-electron chi connectivity index (χ0n) is 17.9. The number of rotatable bonds is 4. The molecule has 31 heavy (non-hydrogen) atoms. The van der Waals surface area contributed by atoms with Crippen LogP contribution >= 0.6 is 34.5 Å². The van der Waals surface area contributed by atoms with E-state index >= 15 is 0 Å². The smallest absolute Gasteiger partial charge is 0.341 e. The van der Waals surface area contributed by atoms with Gasteiger partial charge in [0.25, 0.3) is 5.91 Å². The van der Waals surface area contributed by atoms with Gasteiger partial charge in [0.2, 0.25) is 0 Å². The van der Waals surface area contributed by atoms with Gasteiger partial charge in [-0.25, -0.2) is 4.79 Å². The lowest BCUT2D eigenvalue weighted by molar-refractivity contribution is 0.0526. The first-order valence-corrected chi connectivity index (χ1v) is 12.7. The van der Waals surface area contributed by atoms with E-state index in [1.807, 2.05) is 0 Å². The summed E-state index contributed by atoms with van der Waals surface area (Å²) >= 11 is 13.6. The van der Waals surface area contributed by atoms with Crippen LogP contribution in [0.4, 0.5) is 5.00 Å². The first-order valence-electron chi connectivity index (χ1n) is 11.1. The molecule has 1 aromatic carbocycles. The number of amides is 1. The zero-order chi connectivity index (χ0) is 22.2. The number of esters is 1. The summed E-state index contributed by atoms with van der Waals surface area (Å²) in [6, 6.07) is 4.75. The Morgan fingerprint density at radius 2 is 1.61 bits per heavy atom. The van der Waals surface area contributed by atoms with Crippen molar-refractivity contribution < 1.29 is 14.3 Å². The van der Waals surface area contributed by atoms with Crippen molar-refractivity contribution >= 4 is 51.4 Å². The summed E-state index contributed by atoms with van der Waals surface area (Å²) in [5.74, 6) is -0.682. The van der Waals surface area contributed by atoms with Gasteiger partial charge in [-0.2, -0.15) is 0 Å². The van der Waals surface area contributed by atoms with Crippen LogP contribution in [-0.4, -0.2) is 18.5 Å². The summed E-state index contributed by atoms with van der Waals surface area (Å²) < 4.78 is 5.37. The van der Waals surface area contributed by atoms with Gasteiger partial charge in [0.1, 0.15) is 5.00 Å². The molecule has 3 rings (SSSR count). The molecule has 1 aliphatic rings. The standard InChI is InChI=1S/C24H29Cl2NO3S/c1-2-30-24(29)21-17-11-9-7-5-3-4-6-8-10-12-20(17)31-23(21)27-22(28)16-13-14-18(25)19(26)15-16/h13-15H,2-12H2,1H3,(H,27,28). The third-order valence-corrected chi connectivity index (χ3v) is 7.51. The average molecular weight is 482 g/mol. The lowest BCUT2D eigenvalue weighted by Crippen LogP contribution is -2.15. The molecule has 1 aromatic heterocycles. The van der Waals surface area contributed by atoms with Crippen LogP contribution in [-0.2, 0) is 17.6 Å². The van der Waals surface area contributed by atoms with Gasteiger partial charge in [-0.15, -0.1) is 11.3 Å². The Kier molecular flexibility index (Phi) is 9.24. The van der Waals surface area contributed by atoms with Crippen LogP contribution in [0.25, 0.3) is 0 Å². The molecule has 0 fully saturated rings. The maximum absolute atomic E-state index is 12.9. The largest absolute Gasteiger partial charge is 0.462 e. The highest BCUT2D eigenvalue weighted by molar-refractivity contribution is 7.17. The molecule has 1 amide bonds. The van der Waals surface area contributed by atoms with E-state index in [0.29, 0.717) is 32.8 Å². The molecule has 0 spiro atoms. The van der Waals surface area contributed by atoms with Crippen molar-refractivity contribution in [3.63, 3.8) is 0 Å². The Morgan fingerprint density at radius 1 is 0.968 bits per heavy atom. The monoisotopic (exact) mass is 481 g/mol. The quantitative estimate of drug-likeness (QED) is 0.454. The molecule has 0 saturated carbocycles. The van der Waals surface area contributed by atoms with E-state index in [9.17, 15) is 9.59 Å². The zero-order valence-corrected chi connectivity index (χ0v) is 20.2. The topological polar surface area (TPSA) is 55.4 Å². The Labute approximate surface area is 198 Å². The van der Waals surface area contributed by atoms with Crippen LogP contribution in [0, 0.1) is 0 Å². The highest BCUT2D eigenvalue weighted by Gasteiger charge is 2.26. The molecule has 0 aliphatic heterocycles. The second-order valence-corrected chi connectivity index (χ2v) is 9.76. The molecule has 0 bridgehead atoms. The predicted molar refractivity (Wildman–Crippen MR) is 129 cm³/mol. The Hall–Kier alpha value is -1.56. The molecule has 168 valence electrons. The minimum Gasteiger partial charge on any atom is -0.462 e. The van der Waals surface area contributed by atoms with Crippen molar-refractivity contribution in [3.05, 3.63) is 49.8 Å². The van der Waals surface area contributed by atoms with E-state index < -0.39 is 0 Å². The van der Waals surface area contributed by atoms with Crippen molar-refractivity contribution in [1.29, 1.82) is 0 Å². The predicted octanol–water partition coefficient (Wildman–Crippen LogP) is 7.70. The average Bonchev–Trinajstić information content (AvgIpc) is 3.07. The van der Waals surface area contributed by atoms with Gasteiger partial charge in [-0.05, 0) is 56.4 Å². The molecule has 7 heteroatoms. The second kappa shape index (κ2) is 11.9. The number of anilines is 1. The summed E-state index contributed by atoms with van der Waals surface area (Å²) in [6.07, 6.45) is 11.3. The maximum atomic E-state index is 12.9. The summed E-state index contributed by atoms with van der Waals surface area (Å²) in [5.41, 5.74) is 1.97. The van der Waals surface area contributed by atoms with Gasteiger partial charge in [-0.3, -0.25) is 4.79 Å². The summed E-state index contributed by atoms with van der Waals surface area (Å²) in [6.45, 7) is 2.09. The summed E-state index contributed by atoms with van der Waals surface area (Å²) in [5, 5.41) is 4.22. The molecule has 1 heterocycles. The molecular weight excluding hydrogens is 453 g/mol. The first kappa shape index (κ1) is 24.1. The maximum Gasteiger partial charge on any atom is 0.341 e. The second-order valence-electron chi connectivity index (χ2n) is 7.84.